The van der Waals surface area contributed by atoms with Gasteiger partial charge in [-0.3, -0.25) is 0 Å². The fraction of sp³-hybridized carbons (Fsp3) is 0.286. The van der Waals surface area contributed by atoms with Gasteiger partial charge in [0.25, 0.3) is 0 Å². The lowest BCUT2D eigenvalue weighted by Crippen LogP contribution is -2.38. The van der Waals surface area contributed by atoms with Crippen molar-refractivity contribution in [3.63, 3.8) is 0 Å². The summed E-state index contributed by atoms with van der Waals surface area (Å²) in [5.74, 6) is 1.82. The lowest BCUT2D eigenvalue weighted by Gasteiger charge is -2.31. The molecule has 36 heavy (non-hydrogen) atoms. The number of rotatable bonds is 6. The standard InChI is InChI=1S/C28H29NO6S/c1-18(29-13-4-14-36(29,32)33)17-34-24-10-7-20(8-11-24)28-27(21-5-3-6-22(30)15-21)19(2)25-16-23(31)9-12-26(25)35-28/h3,5-12,15-16,18,28,30-31H,4,13-14,17H2,1-2H3. The van der Waals surface area contributed by atoms with E-state index in [2.05, 4.69) is 0 Å². The second-order valence-corrected chi connectivity index (χ2v) is 11.3. The molecule has 188 valence electrons. The fourth-order valence-electron chi connectivity index (χ4n) is 4.91. The highest BCUT2D eigenvalue weighted by Crippen LogP contribution is 2.47. The van der Waals surface area contributed by atoms with Gasteiger partial charge in [-0.1, -0.05) is 24.3 Å². The molecule has 0 amide bonds. The SMILES string of the molecule is CC1=C(c2cccc(O)c2)C(c2ccc(OCC(C)N3CCCS3(=O)=O)cc2)Oc2ccc(O)cc21. The molecule has 2 aliphatic rings. The van der Waals surface area contributed by atoms with E-state index >= 15 is 0 Å². The average molecular weight is 508 g/mol. The Morgan fingerprint density at radius 3 is 2.50 bits per heavy atom. The van der Waals surface area contributed by atoms with Crippen LogP contribution in [0.15, 0.2) is 66.7 Å². The van der Waals surface area contributed by atoms with E-state index in [1.165, 1.54) is 4.31 Å². The van der Waals surface area contributed by atoms with Gasteiger partial charge in [0.2, 0.25) is 10.0 Å². The maximum atomic E-state index is 12.2. The summed E-state index contributed by atoms with van der Waals surface area (Å²) in [6, 6.07) is 19.4. The molecular weight excluding hydrogens is 478 g/mol. The topological polar surface area (TPSA) is 96.3 Å². The van der Waals surface area contributed by atoms with Crippen molar-refractivity contribution >= 4 is 21.2 Å². The van der Waals surface area contributed by atoms with Crippen LogP contribution in [-0.4, -0.2) is 47.9 Å². The average Bonchev–Trinajstić information content (AvgIpc) is 3.22. The van der Waals surface area contributed by atoms with Crippen molar-refractivity contribution in [2.75, 3.05) is 18.9 Å². The predicted molar refractivity (Wildman–Crippen MR) is 139 cm³/mol. The van der Waals surface area contributed by atoms with Gasteiger partial charge in [-0.2, -0.15) is 4.31 Å². The normalized spacial score (nSPS) is 20.0. The van der Waals surface area contributed by atoms with Crippen molar-refractivity contribution in [3.05, 3.63) is 83.4 Å². The summed E-state index contributed by atoms with van der Waals surface area (Å²) in [7, 11) is -3.18. The molecule has 0 aliphatic carbocycles. The number of hydrogen-bond acceptors (Lipinski definition) is 6. The Morgan fingerprint density at radius 1 is 1.06 bits per heavy atom. The molecule has 8 heteroatoms. The molecule has 0 spiro atoms. The molecule has 0 radical (unpaired) electrons. The maximum absolute atomic E-state index is 12.2. The molecule has 7 nitrogen and oxygen atoms in total. The molecule has 0 aromatic heterocycles. The summed E-state index contributed by atoms with van der Waals surface area (Å²) in [4.78, 5) is 0. The number of nitrogens with zero attached hydrogens (tertiary/aromatic N) is 1. The van der Waals surface area contributed by atoms with Gasteiger partial charge < -0.3 is 19.7 Å². The summed E-state index contributed by atoms with van der Waals surface area (Å²) in [5.41, 5.74) is 4.37. The predicted octanol–water partition coefficient (Wildman–Crippen LogP) is 4.97. The number of benzene rings is 3. The highest BCUT2D eigenvalue weighted by molar-refractivity contribution is 7.89. The first-order valence-electron chi connectivity index (χ1n) is 12.0. The molecule has 0 bridgehead atoms. The minimum absolute atomic E-state index is 0.155. The van der Waals surface area contributed by atoms with Crippen molar-refractivity contribution in [1.29, 1.82) is 0 Å². The molecule has 2 atom stereocenters. The van der Waals surface area contributed by atoms with Crippen molar-refractivity contribution < 1.29 is 28.1 Å². The van der Waals surface area contributed by atoms with Crippen LogP contribution in [0.1, 0.15) is 43.1 Å². The maximum Gasteiger partial charge on any atom is 0.214 e. The van der Waals surface area contributed by atoms with Gasteiger partial charge in [0.05, 0.1) is 11.8 Å². The molecule has 2 N–H and O–H groups in total. The minimum atomic E-state index is -3.18. The van der Waals surface area contributed by atoms with Crippen LogP contribution >= 0.6 is 0 Å². The fourth-order valence-corrected chi connectivity index (χ4v) is 6.65. The Labute approximate surface area is 211 Å². The number of phenolic OH excluding ortho intramolecular Hbond substituents is 2. The number of hydrogen-bond donors (Lipinski definition) is 2. The van der Waals surface area contributed by atoms with Gasteiger partial charge in [-0.05, 0) is 79.4 Å². The van der Waals surface area contributed by atoms with E-state index in [1.54, 1.807) is 36.4 Å². The monoisotopic (exact) mass is 507 g/mol. The zero-order valence-corrected chi connectivity index (χ0v) is 21.0. The van der Waals surface area contributed by atoms with E-state index in [9.17, 15) is 18.6 Å². The van der Waals surface area contributed by atoms with Crippen molar-refractivity contribution in [2.24, 2.45) is 0 Å². The number of ether oxygens (including phenoxy) is 2. The highest BCUT2D eigenvalue weighted by atomic mass is 32.2. The van der Waals surface area contributed by atoms with Crippen LogP contribution in [0.2, 0.25) is 0 Å². The third-order valence-corrected chi connectivity index (χ3v) is 8.80. The van der Waals surface area contributed by atoms with Crippen molar-refractivity contribution in [2.45, 2.75) is 32.4 Å². The summed E-state index contributed by atoms with van der Waals surface area (Å²) in [6.45, 7) is 4.65. The van der Waals surface area contributed by atoms with Gasteiger partial charge in [0.15, 0.2) is 0 Å². The Kier molecular flexibility index (Phi) is 6.40. The number of sulfonamides is 1. The Balaban J connectivity index is 1.42. The van der Waals surface area contributed by atoms with Crippen LogP contribution in [0, 0.1) is 0 Å². The van der Waals surface area contributed by atoms with Crippen molar-refractivity contribution in [1.82, 2.24) is 4.31 Å². The molecular formula is C28H29NO6S. The molecule has 2 aliphatic heterocycles. The number of aromatic hydroxyl groups is 2. The summed E-state index contributed by atoms with van der Waals surface area (Å²) in [6.07, 6.45) is 0.214. The lowest BCUT2D eigenvalue weighted by atomic mass is 9.86. The van der Waals surface area contributed by atoms with E-state index in [0.29, 0.717) is 24.5 Å². The van der Waals surface area contributed by atoms with Crippen LogP contribution in [0.4, 0.5) is 0 Å². The van der Waals surface area contributed by atoms with Gasteiger partial charge >= 0.3 is 0 Å². The minimum Gasteiger partial charge on any atom is -0.508 e. The van der Waals surface area contributed by atoms with Gasteiger partial charge in [0.1, 0.15) is 35.7 Å². The third kappa shape index (κ3) is 4.66. The first-order chi connectivity index (χ1) is 17.2. The third-order valence-electron chi connectivity index (χ3n) is 6.74. The Hall–Kier alpha value is -3.49. The molecule has 1 fully saturated rings. The van der Waals surface area contributed by atoms with Crippen molar-refractivity contribution in [3.8, 4) is 23.0 Å². The van der Waals surface area contributed by atoms with Crippen LogP contribution in [0.5, 0.6) is 23.0 Å². The molecule has 0 saturated carbocycles. The largest absolute Gasteiger partial charge is 0.508 e. The highest BCUT2D eigenvalue weighted by Gasteiger charge is 2.33. The van der Waals surface area contributed by atoms with E-state index in [0.717, 1.165) is 27.8 Å². The molecule has 3 aromatic carbocycles. The Morgan fingerprint density at radius 2 is 1.81 bits per heavy atom. The molecule has 1 saturated heterocycles. The van der Waals surface area contributed by atoms with Gasteiger partial charge in [-0.25, -0.2) is 8.42 Å². The van der Waals surface area contributed by atoms with Gasteiger partial charge in [-0.15, -0.1) is 0 Å². The summed E-state index contributed by atoms with van der Waals surface area (Å²) >= 11 is 0. The summed E-state index contributed by atoms with van der Waals surface area (Å²) < 4.78 is 38.2. The zero-order valence-electron chi connectivity index (χ0n) is 20.2. The molecule has 3 aromatic rings. The second-order valence-electron chi connectivity index (χ2n) is 9.28. The lowest BCUT2D eigenvalue weighted by molar-refractivity contribution is 0.222. The number of fused-ring (bicyclic) bond motifs is 1. The molecule has 2 unspecified atom stereocenters. The van der Waals surface area contributed by atoms with E-state index < -0.39 is 16.1 Å². The molecule has 5 rings (SSSR count). The Bertz CT molecular complexity index is 1410. The molecule has 2 heterocycles. The van der Waals surface area contributed by atoms with Crippen LogP contribution in [-0.2, 0) is 10.0 Å². The van der Waals surface area contributed by atoms with Crippen LogP contribution in [0.3, 0.4) is 0 Å². The summed E-state index contributed by atoms with van der Waals surface area (Å²) in [5, 5.41) is 20.2. The second kappa shape index (κ2) is 9.52. The first-order valence-corrected chi connectivity index (χ1v) is 13.6. The first kappa shape index (κ1) is 24.2. The number of allylic oxidation sites excluding steroid dienone is 1. The zero-order chi connectivity index (χ0) is 25.4. The van der Waals surface area contributed by atoms with E-state index in [1.807, 2.05) is 44.2 Å². The van der Waals surface area contributed by atoms with Crippen LogP contribution < -0.4 is 9.47 Å². The van der Waals surface area contributed by atoms with E-state index in [-0.39, 0.29) is 29.9 Å². The van der Waals surface area contributed by atoms with E-state index in [4.69, 9.17) is 9.47 Å². The van der Waals surface area contributed by atoms with Crippen LogP contribution in [0.25, 0.3) is 11.1 Å². The number of phenols is 2. The van der Waals surface area contributed by atoms with Gasteiger partial charge in [0, 0.05) is 17.7 Å². The smallest absolute Gasteiger partial charge is 0.214 e. The quantitative estimate of drug-likeness (QED) is 0.489.